The van der Waals surface area contributed by atoms with Crippen LogP contribution in [0.5, 0.6) is 0 Å². The van der Waals surface area contributed by atoms with E-state index in [1.165, 1.54) is 5.69 Å². The average molecular weight is 449 g/mol. The maximum Gasteiger partial charge on any atom is 0.143 e. The predicted molar refractivity (Wildman–Crippen MR) is 129 cm³/mol. The summed E-state index contributed by atoms with van der Waals surface area (Å²) >= 11 is 0. The summed E-state index contributed by atoms with van der Waals surface area (Å²) in [5.41, 5.74) is 2.79. The lowest BCUT2D eigenvalue weighted by molar-refractivity contribution is 0.240. The largest absolute Gasteiger partial charge is 0.368 e. The van der Waals surface area contributed by atoms with Crippen LogP contribution in [0.25, 0.3) is 11.0 Å². The molecule has 8 heteroatoms. The fourth-order valence-corrected chi connectivity index (χ4v) is 5.27. The zero-order valence-electron chi connectivity index (χ0n) is 18.5. The van der Waals surface area contributed by atoms with Gasteiger partial charge in [0.25, 0.3) is 0 Å². The highest BCUT2D eigenvalue weighted by Gasteiger charge is 2.31. The normalized spacial score (nSPS) is 21.9. The van der Waals surface area contributed by atoms with Crippen LogP contribution in [-0.4, -0.2) is 59.3 Å². The van der Waals surface area contributed by atoms with Gasteiger partial charge in [0.15, 0.2) is 0 Å². The SMILES string of the molecule is CNC1CC(n2cc(C#N)c3ccc(N4CCN(c5ccc(S(C)=O)cc5)CC4)nc32)C1. The number of piperazine rings is 1. The molecule has 1 saturated carbocycles. The first-order valence-electron chi connectivity index (χ1n) is 11.1. The lowest BCUT2D eigenvalue weighted by Crippen LogP contribution is -2.46. The van der Waals surface area contributed by atoms with Crippen LogP contribution in [0, 0.1) is 11.3 Å². The Morgan fingerprint density at radius 2 is 1.75 bits per heavy atom. The maximum atomic E-state index is 11.6. The summed E-state index contributed by atoms with van der Waals surface area (Å²) in [6.07, 6.45) is 5.82. The van der Waals surface area contributed by atoms with E-state index in [1.54, 1.807) is 6.26 Å². The van der Waals surface area contributed by atoms with Crippen molar-refractivity contribution in [1.82, 2.24) is 14.9 Å². The van der Waals surface area contributed by atoms with Crippen molar-refractivity contribution in [2.45, 2.75) is 29.8 Å². The molecule has 1 unspecified atom stereocenters. The molecule has 7 nitrogen and oxygen atoms in total. The summed E-state index contributed by atoms with van der Waals surface area (Å²) < 4.78 is 13.8. The standard InChI is InChI=1S/C24H28N6OS/c1-26-18-13-20(14-18)30-16-17(15-25)22-7-8-23(27-24(22)30)29-11-9-28(10-12-29)19-3-5-21(6-4-19)32(2)31/h3-8,16,18,20,26H,9-14H2,1-2H3. The molecule has 32 heavy (non-hydrogen) atoms. The number of pyridine rings is 1. The van der Waals surface area contributed by atoms with Crippen molar-refractivity contribution >= 4 is 33.3 Å². The Hall–Kier alpha value is -2.89. The topological polar surface area (TPSA) is 77.2 Å². The molecule has 1 aliphatic carbocycles. The van der Waals surface area contributed by atoms with Gasteiger partial charge in [-0.05, 0) is 56.3 Å². The molecule has 3 heterocycles. The zero-order valence-corrected chi connectivity index (χ0v) is 19.3. The Morgan fingerprint density at radius 1 is 1.06 bits per heavy atom. The molecule has 1 atom stereocenters. The smallest absolute Gasteiger partial charge is 0.143 e. The molecule has 1 aromatic carbocycles. The lowest BCUT2D eigenvalue weighted by atomic mass is 9.87. The van der Waals surface area contributed by atoms with Gasteiger partial charge in [-0.3, -0.25) is 4.21 Å². The van der Waals surface area contributed by atoms with Gasteiger partial charge in [-0.1, -0.05) is 0 Å². The van der Waals surface area contributed by atoms with Crippen molar-refractivity contribution in [3.8, 4) is 6.07 Å². The monoisotopic (exact) mass is 448 g/mol. The number of benzene rings is 1. The second-order valence-corrected chi connectivity index (χ2v) is 10.0. The van der Waals surface area contributed by atoms with E-state index in [0.29, 0.717) is 17.6 Å². The Labute approximate surface area is 191 Å². The van der Waals surface area contributed by atoms with E-state index < -0.39 is 10.8 Å². The van der Waals surface area contributed by atoms with Crippen LogP contribution >= 0.6 is 0 Å². The number of hydrogen-bond acceptors (Lipinski definition) is 6. The first-order valence-corrected chi connectivity index (χ1v) is 12.7. The van der Waals surface area contributed by atoms with Crippen molar-refractivity contribution in [2.24, 2.45) is 0 Å². The van der Waals surface area contributed by atoms with Gasteiger partial charge in [-0.15, -0.1) is 0 Å². The highest BCUT2D eigenvalue weighted by Crippen LogP contribution is 2.36. The molecule has 3 aromatic rings. The molecule has 2 aromatic heterocycles. The van der Waals surface area contributed by atoms with Gasteiger partial charge in [0.1, 0.15) is 17.5 Å². The highest BCUT2D eigenvalue weighted by molar-refractivity contribution is 7.84. The highest BCUT2D eigenvalue weighted by atomic mass is 32.2. The van der Waals surface area contributed by atoms with E-state index in [2.05, 4.69) is 44.0 Å². The fraction of sp³-hybridized carbons (Fsp3) is 0.417. The Morgan fingerprint density at radius 3 is 2.38 bits per heavy atom. The number of hydrogen-bond donors (Lipinski definition) is 1. The van der Waals surface area contributed by atoms with Gasteiger partial charge in [-0.2, -0.15) is 5.26 Å². The van der Waals surface area contributed by atoms with Gasteiger partial charge in [0, 0.05) is 77.5 Å². The first-order chi connectivity index (χ1) is 15.6. The van der Waals surface area contributed by atoms with Gasteiger partial charge in [0.2, 0.25) is 0 Å². The predicted octanol–water partition coefficient (Wildman–Crippen LogP) is 2.89. The molecule has 2 aliphatic rings. The van der Waals surface area contributed by atoms with Crippen LogP contribution in [0.3, 0.4) is 0 Å². The van der Waals surface area contributed by atoms with E-state index >= 15 is 0 Å². The Kier molecular flexibility index (Phi) is 5.62. The average Bonchev–Trinajstić information content (AvgIpc) is 3.16. The quantitative estimate of drug-likeness (QED) is 0.647. The number of fused-ring (bicyclic) bond motifs is 1. The van der Waals surface area contributed by atoms with Crippen molar-refractivity contribution in [3.05, 3.63) is 48.2 Å². The molecule has 1 N–H and O–H groups in total. The van der Waals surface area contributed by atoms with Crippen LogP contribution in [0.4, 0.5) is 11.5 Å². The molecule has 0 amide bonds. The lowest BCUT2D eigenvalue weighted by Gasteiger charge is -2.37. The van der Waals surface area contributed by atoms with E-state index in [4.69, 9.17) is 4.98 Å². The van der Waals surface area contributed by atoms with Crippen LogP contribution in [0.2, 0.25) is 0 Å². The molecule has 1 saturated heterocycles. The van der Waals surface area contributed by atoms with E-state index in [9.17, 15) is 9.47 Å². The van der Waals surface area contributed by atoms with Gasteiger partial charge < -0.3 is 19.7 Å². The maximum absolute atomic E-state index is 11.6. The minimum Gasteiger partial charge on any atom is -0.368 e. The first kappa shape index (κ1) is 21.0. The third-order valence-corrected chi connectivity index (χ3v) is 7.77. The van der Waals surface area contributed by atoms with Crippen LogP contribution < -0.4 is 15.1 Å². The molecular formula is C24H28N6OS. The van der Waals surface area contributed by atoms with Gasteiger partial charge in [-0.25, -0.2) is 4.98 Å². The third kappa shape index (κ3) is 3.76. The minimum absolute atomic E-state index is 0.400. The summed E-state index contributed by atoms with van der Waals surface area (Å²) in [6.45, 7) is 3.59. The number of rotatable bonds is 5. The van der Waals surface area contributed by atoms with Crippen LogP contribution in [0.1, 0.15) is 24.4 Å². The number of anilines is 2. The number of nitriles is 1. The number of nitrogens with one attached hydrogen (secondary N) is 1. The molecule has 0 spiro atoms. The number of nitrogens with zero attached hydrogens (tertiary/aromatic N) is 5. The molecular weight excluding hydrogens is 420 g/mol. The minimum atomic E-state index is -0.949. The van der Waals surface area contributed by atoms with E-state index in [1.807, 2.05) is 31.4 Å². The summed E-state index contributed by atoms with van der Waals surface area (Å²) in [5.74, 6) is 0.974. The second kappa shape index (κ2) is 8.57. The summed E-state index contributed by atoms with van der Waals surface area (Å²) in [4.78, 5) is 10.6. The summed E-state index contributed by atoms with van der Waals surface area (Å²) in [7, 11) is 1.06. The Bertz CT molecular complexity index is 1180. The molecule has 2 fully saturated rings. The second-order valence-electron chi connectivity index (χ2n) is 8.64. The van der Waals surface area contributed by atoms with E-state index in [0.717, 1.165) is 60.8 Å². The molecule has 166 valence electrons. The summed E-state index contributed by atoms with van der Waals surface area (Å²) in [5, 5.41) is 13.9. The van der Waals surface area contributed by atoms with Crippen molar-refractivity contribution in [2.75, 3.05) is 49.3 Å². The molecule has 0 radical (unpaired) electrons. The third-order valence-electron chi connectivity index (χ3n) is 6.84. The molecule has 1 aliphatic heterocycles. The summed E-state index contributed by atoms with van der Waals surface area (Å²) in [6, 6.07) is 15.4. The van der Waals surface area contributed by atoms with Crippen molar-refractivity contribution in [1.29, 1.82) is 5.26 Å². The van der Waals surface area contributed by atoms with Crippen molar-refractivity contribution in [3.63, 3.8) is 0 Å². The zero-order chi connectivity index (χ0) is 22.2. The van der Waals surface area contributed by atoms with E-state index in [-0.39, 0.29) is 0 Å². The fourth-order valence-electron chi connectivity index (χ4n) is 4.75. The van der Waals surface area contributed by atoms with Crippen molar-refractivity contribution < 1.29 is 4.21 Å². The molecule has 5 rings (SSSR count). The molecule has 0 bridgehead atoms. The van der Waals surface area contributed by atoms with Gasteiger partial charge in [0.05, 0.1) is 5.56 Å². The van der Waals surface area contributed by atoms with Crippen LogP contribution in [-0.2, 0) is 10.8 Å². The van der Waals surface area contributed by atoms with Crippen LogP contribution in [0.15, 0.2) is 47.5 Å². The number of aromatic nitrogens is 2. The van der Waals surface area contributed by atoms with Gasteiger partial charge >= 0.3 is 0 Å². The Balaban J connectivity index is 1.33.